The maximum atomic E-state index is 12.7. The van der Waals surface area contributed by atoms with Crippen LogP contribution in [0.4, 0.5) is 11.6 Å². The van der Waals surface area contributed by atoms with Gasteiger partial charge in [-0.05, 0) is 49.2 Å². The first-order chi connectivity index (χ1) is 15.5. The first kappa shape index (κ1) is 22.1. The number of carbonyl (C=O) groups excluding carboxylic acids is 1. The fourth-order valence-corrected chi connectivity index (χ4v) is 4.08. The molecule has 0 spiro atoms. The van der Waals surface area contributed by atoms with Crippen molar-refractivity contribution in [2.45, 2.75) is 23.8 Å². The number of imidazole rings is 1. The molecule has 11 heteroatoms. The molecule has 1 fully saturated rings. The van der Waals surface area contributed by atoms with E-state index in [9.17, 15) is 13.2 Å². The Balaban J connectivity index is 1.42. The van der Waals surface area contributed by atoms with Gasteiger partial charge in [0.05, 0.1) is 30.9 Å². The molecular formula is C21H24N4O6S. The number of aliphatic hydroxyl groups is 1. The molecule has 170 valence electrons. The highest BCUT2D eigenvalue weighted by atomic mass is 32.2. The van der Waals surface area contributed by atoms with Gasteiger partial charge in [-0.2, -0.15) is 8.42 Å². The summed E-state index contributed by atoms with van der Waals surface area (Å²) in [5, 5.41) is 11.8. The minimum atomic E-state index is -4.03. The van der Waals surface area contributed by atoms with Crippen LogP contribution in [0.5, 0.6) is 5.75 Å². The van der Waals surface area contributed by atoms with Crippen LogP contribution < -0.4 is 14.4 Å². The van der Waals surface area contributed by atoms with Crippen molar-refractivity contribution in [2.75, 3.05) is 36.6 Å². The van der Waals surface area contributed by atoms with Crippen LogP contribution in [0.25, 0.3) is 11.0 Å². The normalized spacial score (nSPS) is 13.8. The number of fused-ring (bicyclic) bond motifs is 1. The van der Waals surface area contributed by atoms with E-state index in [0.717, 1.165) is 24.9 Å². The van der Waals surface area contributed by atoms with Gasteiger partial charge in [0.25, 0.3) is 0 Å². The van der Waals surface area contributed by atoms with E-state index >= 15 is 0 Å². The summed E-state index contributed by atoms with van der Waals surface area (Å²) >= 11 is 0. The van der Waals surface area contributed by atoms with E-state index in [4.69, 9.17) is 14.0 Å². The lowest BCUT2D eigenvalue weighted by Crippen LogP contribution is -2.24. The second-order valence-corrected chi connectivity index (χ2v) is 8.85. The monoisotopic (exact) mass is 460 g/mol. The fraction of sp³-hybridized carbons (Fsp3) is 0.333. The van der Waals surface area contributed by atoms with Crippen molar-refractivity contribution in [3.05, 3.63) is 42.5 Å². The van der Waals surface area contributed by atoms with Crippen molar-refractivity contribution in [1.82, 2.24) is 9.97 Å². The molecule has 3 N–H and O–H groups in total. The maximum Gasteiger partial charge on any atom is 0.339 e. The zero-order chi connectivity index (χ0) is 22.6. The molecule has 1 aromatic heterocycles. The standard InChI is InChI=1S/C21H24N4O6S/c26-10-12-30-11-9-22-15-1-6-18(7-2-15)32(28,29)31-17-5-8-19-20(13-17)24-21(23-19)25(14-27)16-3-4-16/h1-2,5-8,13-14,16,22,26H,3-4,9-12H2,(H,23,24). The SMILES string of the molecule is O=CN(c1nc2ccc(OS(=O)(=O)c3ccc(NCCOCCO)cc3)cc2[nH]1)C1CC1. The molecule has 1 aliphatic rings. The number of aromatic nitrogens is 2. The van der Waals surface area contributed by atoms with Gasteiger partial charge in [-0.15, -0.1) is 0 Å². The first-order valence-electron chi connectivity index (χ1n) is 10.2. The second kappa shape index (κ2) is 9.55. The average Bonchev–Trinajstić information content (AvgIpc) is 3.53. The molecule has 0 radical (unpaired) electrons. The highest BCUT2D eigenvalue weighted by molar-refractivity contribution is 7.87. The van der Waals surface area contributed by atoms with Crippen molar-refractivity contribution in [3.63, 3.8) is 0 Å². The topological polar surface area (TPSA) is 134 Å². The Bertz CT molecular complexity index is 1170. The Morgan fingerprint density at radius 1 is 1.19 bits per heavy atom. The number of benzene rings is 2. The number of ether oxygens (including phenoxy) is 1. The van der Waals surface area contributed by atoms with Crippen LogP contribution in [0, 0.1) is 0 Å². The van der Waals surface area contributed by atoms with Crippen LogP contribution in [0.1, 0.15) is 12.8 Å². The van der Waals surface area contributed by atoms with E-state index in [2.05, 4.69) is 15.3 Å². The van der Waals surface area contributed by atoms with Crippen LogP contribution in [0.3, 0.4) is 0 Å². The predicted molar refractivity (Wildman–Crippen MR) is 118 cm³/mol. The largest absolute Gasteiger partial charge is 0.394 e. The summed E-state index contributed by atoms with van der Waals surface area (Å²) in [6.45, 7) is 1.19. The highest BCUT2D eigenvalue weighted by Gasteiger charge is 2.31. The van der Waals surface area contributed by atoms with Gasteiger partial charge in [0, 0.05) is 24.3 Å². The molecule has 1 saturated carbocycles. The molecule has 2 aromatic carbocycles. The van der Waals surface area contributed by atoms with Crippen LogP contribution in [-0.4, -0.2) is 62.3 Å². The predicted octanol–water partition coefficient (Wildman–Crippen LogP) is 1.88. The number of nitrogens with one attached hydrogen (secondary N) is 2. The Kier molecular flexibility index (Phi) is 6.58. The van der Waals surface area contributed by atoms with E-state index < -0.39 is 10.1 Å². The van der Waals surface area contributed by atoms with Gasteiger partial charge in [-0.25, -0.2) is 4.98 Å². The third-order valence-corrected chi connectivity index (χ3v) is 6.16. The lowest BCUT2D eigenvalue weighted by Gasteiger charge is -2.11. The summed E-state index contributed by atoms with van der Waals surface area (Å²) in [6.07, 6.45) is 2.63. The lowest BCUT2D eigenvalue weighted by atomic mass is 10.3. The van der Waals surface area contributed by atoms with Gasteiger partial charge >= 0.3 is 10.1 Å². The number of aliphatic hydroxyl groups excluding tert-OH is 1. The molecule has 1 heterocycles. The number of carbonyl (C=O) groups is 1. The lowest BCUT2D eigenvalue weighted by molar-refractivity contribution is -0.107. The molecule has 32 heavy (non-hydrogen) atoms. The summed E-state index contributed by atoms with van der Waals surface area (Å²) in [5.74, 6) is 0.572. The number of hydrogen-bond acceptors (Lipinski definition) is 8. The van der Waals surface area contributed by atoms with Crippen LogP contribution in [0.2, 0.25) is 0 Å². The molecule has 4 rings (SSSR count). The van der Waals surface area contributed by atoms with E-state index in [-0.39, 0.29) is 29.9 Å². The Morgan fingerprint density at radius 2 is 1.97 bits per heavy atom. The highest BCUT2D eigenvalue weighted by Crippen LogP contribution is 2.31. The number of aromatic amines is 1. The van der Waals surface area contributed by atoms with Gasteiger partial charge in [0.2, 0.25) is 12.4 Å². The van der Waals surface area contributed by atoms with Gasteiger partial charge in [0.1, 0.15) is 10.6 Å². The minimum absolute atomic E-state index is 0.0193. The Morgan fingerprint density at radius 3 is 2.66 bits per heavy atom. The number of rotatable bonds is 12. The van der Waals surface area contributed by atoms with Gasteiger partial charge in [-0.1, -0.05) is 0 Å². The number of amides is 1. The Hall–Kier alpha value is -3.15. The molecule has 0 unspecified atom stereocenters. The molecule has 0 bridgehead atoms. The second-order valence-electron chi connectivity index (χ2n) is 7.31. The van der Waals surface area contributed by atoms with Crippen molar-refractivity contribution in [2.24, 2.45) is 0 Å². The fourth-order valence-electron chi connectivity index (χ4n) is 3.16. The summed E-state index contributed by atoms with van der Waals surface area (Å²) in [5.41, 5.74) is 1.91. The molecular weight excluding hydrogens is 436 g/mol. The van der Waals surface area contributed by atoms with E-state index in [1.54, 1.807) is 29.2 Å². The van der Waals surface area contributed by atoms with E-state index in [1.165, 1.54) is 18.2 Å². The molecule has 3 aromatic rings. The van der Waals surface area contributed by atoms with Gasteiger partial charge in [-0.3, -0.25) is 9.69 Å². The molecule has 1 amide bonds. The van der Waals surface area contributed by atoms with Crippen molar-refractivity contribution in [1.29, 1.82) is 0 Å². The van der Waals surface area contributed by atoms with E-state index in [0.29, 0.717) is 30.1 Å². The maximum absolute atomic E-state index is 12.7. The molecule has 1 aliphatic carbocycles. The number of H-pyrrole nitrogens is 1. The van der Waals surface area contributed by atoms with E-state index in [1.807, 2.05) is 0 Å². The smallest absolute Gasteiger partial charge is 0.339 e. The number of hydrogen-bond donors (Lipinski definition) is 3. The van der Waals surface area contributed by atoms with Gasteiger partial charge in [0.15, 0.2) is 0 Å². The molecule has 0 aliphatic heterocycles. The van der Waals surface area contributed by atoms with Crippen LogP contribution >= 0.6 is 0 Å². The number of anilines is 2. The zero-order valence-electron chi connectivity index (χ0n) is 17.2. The minimum Gasteiger partial charge on any atom is -0.394 e. The quantitative estimate of drug-likeness (QED) is 0.212. The van der Waals surface area contributed by atoms with Crippen LogP contribution in [0.15, 0.2) is 47.4 Å². The summed E-state index contributed by atoms with van der Waals surface area (Å²) in [7, 11) is -4.03. The molecule has 0 saturated heterocycles. The first-order valence-corrected chi connectivity index (χ1v) is 11.6. The third kappa shape index (κ3) is 5.18. The zero-order valence-corrected chi connectivity index (χ0v) is 18.0. The van der Waals surface area contributed by atoms with Crippen molar-refractivity contribution in [3.8, 4) is 5.75 Å². The summed E-state index contributed by atoms with van der Waals surface area (Å²) in [6, 6.07) is 11.1. The van der Waals surface area contributed by atoms with Gasteiger partial charge < -0.3 is 24.3 Å². The average molecular weight is 461 g/mol. The van der Waals surface area contributed by atoms with Crippen molar-refractivity contribution < 1.29 is 27.2 Å². The third-order valence-electron chi connectivity index (χ3n) is 4.90. The summed E-state index contributed by atoms with van der Waals surface area (Å²) < 4.78 is 35.8. The van der Waals surface area contributed by atoms with Crippen LogP contribution in [-0.2, 0) is 19.6 Å². The molecule has 10 nitrogen and oxygen atoms in total. The Labute approximate surface area is 185 Å². The van der Waals surface area contributed by atoms with Crippen molar-refractivity contribution >= 4 is 39.2 Å². The molecule has 0 atom stereocenters. The summed E-state index contributed by atoms with van der Waals surface area (Å²) in [4.78, 5) is 20.4. The number of nitrogens with zero attached hydrogens (tertiary/aromatic N) is 2.